The SMILES string of the molecule is CC(C)CNCc1cc(C(C)C)nc2c(Cl)cccc12. The third-order valence-corrected chi connectivity index (χ3v) is 3.66. The van der Waals surface area contributed by atoms with Crippen LogP contribution in [0.25, 0.3) is 10.9 Å². The van der Waals surface area contributed by atoms with Gasteiger partial charge in [0.05, 0.1) is 10.5 Å². The molecule has 0 aliphatic carbocycles. The molecule has 1 aromatic carbocycles. The van der Waals surface area contributed by atoms with Gasteiger partial charge in [-0.25, -0.2) is 0 Å². The first-order valence-electron chi connectivity index (χ1n) is 7.27. The molecule has 0 bridgehead atoms. The highest BCUT2D eigenvalue weighted by atomic mass is 35.5. The average molecular weight is 291 g/mol. The molecule has 0 aliphatic rings. The van der Waals surface area contributed by atoms with Crippen LogP contribution >= 0.6 is 11.6 Å². The summed E-state index contributed by atoms with van der Waals surface area (Å²) in [6, 6.07) is 8.21. The Labute approximate surface area is 126 Å². The zero-order valence-corrected chi connectivity index (χ0v) is 13.5. The molecule has 2 rings (SSSR count). The number of hydrogen-bond acceptors (Lipinski definition) is 2. The number of aromatic nitrogens is 1. The summed E-state index contributed by atoms with van der Waals surface area (Å²) < 4.78 is 0. The van der Waals surface area contributed by atoms with E-state index < -0.39 is 0 Å². The van der Waals surface area contributed by atoms with Crippen molar-refractivity contribution in [1.29, 1.82) is 0 Å². The van der Waals surface area contributed by atoms with Crippen molar-refractivity contribution in [2.45, 2.75) is 40.2 Å². The lowest BCUT2D eigenvalue weighted by Gasteiger charge is -2.14. The zero-order chi connectivity index (χ0) is 14.7. The van der Waals surface area contributed by atoms with Gasteiger partial charge in [0.1, 0.15) is 0 Å². The number of fused-ring (bicyclic) bond motifs is 1. The van der Waals surface area contributed by atoms with Crippen LogP contribution in [-0.2, 0) is 6.54 Å². The first-order valence-corrected chi connectivity index (χ1v) is 7.65. The fourth-order valence-corrected chi connectivity index (χ4v) is 2.46. The molecule has 3 heteroatoms. The molecule has 2 aromatic rings. The Balaban J connectivity index is 2.42. The Morgan fingerprint density at radius 2 is 1.95 bits per heavy atom. The van der Waals surface area contributed by atoms with Crippen molar-refractivity contribution in [3.8, 4) is 0 Å². The summed E-state index contributed by atoms with van der Waals surface area (Å²) in [6.07, 6.45) is 0. The van der Waals surface area contributed by atoms with Crippen molar-refractivity contribution in [1.82, 2.24) is 10.3 Å². The van der Waals surface area contributed by atoms with E-state index in [0.717, 1.165) is 34.7 Å². The number of pyridine rings is 1. The normalized spacial score (nSPS) is 11.8. The molecule has 1 aromatic heterocycles. The minimum Gasteiger partial charge on any atom is -0.312 e. The van der Waals surface area contributed by atoms with E-state index in [4.69, 9.17) is 16.6 Å². The Morgan fingerprint density at radius 1 is 1.20 bits per heavy atom. The van der Waals surface area contributed by atoms with Gasteiger partial charge in [0, 0.05) is 17.6 Å². The van der Waals surface area contributed by atoms with Crippen LogP contribution in [0, 0.1) is 5.92 Å². The van der Waals surface area contributed by atoms with Crippen molar-refractivity contribution >= 4 is 22.5 Å². The predicted molar refractivity (Wildman–Crippen MR) is 87.4 cm³/mol. The number of nitrogens with one attached hydrogen (secondary N) is 1. The van der Waals surface area contributed by atoms with Crippen LogP contribution in [0.1, 0.15) is 44.9 Å². The fraction of sp³-hybridized carbons (Fsp3) is 0.471. The Bertz CT molecular complexity index is 591. The molecule has 0 unspecified atom stereocenters. The molecular formula is C17H23ClN2. The van der Waals surface area contributed by atoms with Crippen molar-refractivity contribution in [2.75, 3.05) is 6.54 Å². The number of para-hydroxylation sites is 1. The molecule has 2 nitrogen and oxygen atoms in total. The number of hydrogen-bond donors (Lipinski definition) is 1. The fourth-order valence-electron chi connectivity index (χ4n) is 2.24. The second kappa shape index (κ2) is 6.55. The van der Waals surface area contributed by atoms with Gasteiger partial charge in [-0.1, -0.05) is 51.4 Å². The molecule has 0 saturated heterocycles. The highest BCUT2D eigenvalue weighted by Gasteiger charge is 2.10. The molecule has 0 aliphatic heterocycles. The number of benzene rings is 1. The summed E-state index contributed by atoms with van der Waals surface area (Å²) in [7, 11) is 0. The van der Waals surface area contributed by atoms with E-state index in [1.165, 1.54) is 5.56 Å². The van der Waals surface area contributed by atoms with Crippen molar-refractivity contribution in [3.63, 3.8) is 0 Å². The first kappa shape index (κ1) is 15.3. The van der Waals surface area contributed by atoms with Gasteiger partial charge in [0.25, 0.3) is 0 Å². The Morgan fingerprint density at radius 3 is 2.60 bits per heavy atom. The monoisotopic (exact) mass is 290 g/mol. The van der Waals surface area contributed by atoms with E-state index in [-0.39, 0.29) is 0 Å². The van der Waals surface area contributed by atoms with Gasteiger partial charge in [0.15, 0.2) is 0 Å². The van der Waals surface area contributed by atoms with E-state index in [2.05, 4.69) is 45.1 Å². The summed E-state index contributed by atoms with van der Waals surface area (Å²) in [5.41, 5.74) is 3.30. The lowest BCUT2D eigenvalue weighted by atomic mass is 10.0. The predicted octanol–water partition coefficient (Wildman–Crippen LogP) is 4.76. The summed E-state index contributed by atoms with van der Waals surface area (Å²) >= 11 is 6.31. The topological polar surface area (TPSA) is 24.9 Å². The molecule has 20 heavy (non-hydrogen) atoms. The molecule has 1 heterocycles. The van der Waals surface area contributed by atoms with E-state index in [1.807, 2.05) is 12.1 Å². The molecule has 0 fully saturated rings. The van der Waals surface area contributed by atoms with E-state index in [1.54, 1.807) is 0 Å². The molecule has 0 radical (unpaired) electrons. The van der Waals surface area contributed by atoms with Crippen molar-refractivity contribution < 1.29 is 0 Å². The maximum Gasteiger partial charge on any atom is 0.0894 e. The van der Waals surface area contributed by atoms with Crippen LogP contribution in [0.3, 0.4) is 0 Å². The number of nitrogens with zero attached hydrogens (tertiary/aromatic N) is 1. The maximum atomic E-state index is 6.31. The van der Waals surface area contributed by atoms with Gasteiger partial charge in [0.2, 0.25) is 0 Å². The van der Waals surface area contributed by atoms with E-state index in [0.29, 0.717) is 11.8 Å². The largest absolute Gasteiger partial charge is 0.312 e. The second-order valence-corrected chi connectivity index (χ2v) is 6.43. The standard InChI is InChI=1S/C17H23ClN2/c1-11(2)9-19-10-13-8-16(12(3)4)20-17-14(13)6-5-7-15(17)18/h5-8,11-12,19H,9-10H2,1-4H3. The molecule has 1 N–H and O–H groups in total. The first-order chi connectivity index (χ1) is 9.49. The molecule has 108 valence electrons. The molecule has 0 spiro atoms. The van der Waals surface area contributed by atoms with Gasteiger partial charge in [-0.2, -0.15) is 0 Å². The average Bonchev–Trinajstić information content (AvgIpc) is 2.38. The van der Waals surface area contributed by atoms with Gasteiger partial charge in [-0.05, 0) is 36.1 Å². The van der Waals surface area contributed by atoms with Crippen molar-refractivity contribution in [3.05, 3.63) is 40.5 Å². The summed E-state index contributed by atoms with van der Waals surface area (Å²) in [5, 5.41) is 5.39. The Hall–Kier alpha value is -1.12. The van der Waals surface area contributed by atoms with Crippen LogP contribution in [0.5, 0.6) is 0 Å². The quantitative estimate of drug-likeness (QED) is 0.859. The summed E-state index contributed by atoms with van der Waals surface area (Å²) in [6.45, 7) is 10.6. The van der Waals surface area contributed by atoms with Crippen LogP contribution in [0.15, 0.2) is 24.3 Å². The summed E-state index contributed by atoms with van der Waals surface area (Å²) in [5.74, 6) is 1.05. The minimum atomic E-state index is 0.402. The molecule has 0 saturated carbocycles. The van der Waals surface area contributed by atoms with Crippen LogP contribution < -0.4 is 5.32 Å². The molecule has 0 amide bonds. The molecule has 0 atom stereocenters. The second-order valence-electron chi connectivity index (χ2n) is 6.02. The van der Waals surface area contributed by atoms with E-state index >= 15 is 0 Å². The number of halogens is 1. The van der Waals surface area contributed by atoms with Crippen LogP contribution in [0.2, 0.25) is 5.02 Å². The lowest BCUT2D eigenvalue weighted by Crippen LogP contribution is -2.19. The minimum absolute atomic E-state index is 0.402. The highest BCUT2D eigenvalue weighted by Crippen LogP contribution is 2.27. The lowest BCUT2D eigenvalue weighted by molar-refractivity contribution is 0.553. The van der Waals surface area contributed by atoms with Gasteiger partial charge in [-0.3, -0.25) is 4.98 Å². The third-order valence-electron chi connectivity index (χ3n) is 3.36. The summed E-state index contributed by atoms with van der Waals surface area (Å²) in [4.78, 5) is 4.72. The molecular weight excluding hydrogens is 268 g/mol. The maximum absolute atomic E-state index is 6.31. The zero-order valence-electron chi connectivity index (χ0n) is 12.7. The Kier molecular flexibility index (Phi) is 5.00. The highest BCUT2D eigenvalue weighted by molar-refractivity contribution is 6.35. The number of rotatable bonds is 5. The third kappa shape index (κ3) is 3.50. The van der Waals surface area contributed by atoms with Gasteiger partial charge in [-0.15, -0.1) is 0 Å². The van der Waals surface area contributed by atoms with Crippen LogP contribution in [-0.4, -0.2) is 11.5 Å². The van der Waals surface area contributed by atoms with Gasteiger partial charge >= 0.3 is 0 Å². The van der Waals surface area contributed by atoms with Gasteiger partial charge < -0.3 is 5.32 Å². The van der Waals surface area contributed by atoms with Crippen LogP contribution in [0.4, 0.5) is 0 Å². The van der Waals surface area contributed by atoms with Crippen molar-refractivity contribution in [2.24, 2.45) is 5.92 Å². The van der Waals surface area contributed by atoms with E-state index in [9.17, 15) is 0 Å². The smallest absolute Gasteiger partial charge is 0.0894 e.